The zero-order valence-corrected chi connectivity index (χ0v) is 22.1. The molecule has 0 saturated heterocycles. The summed E-state index contributed by atoms with van der Waals surface area (Å²) in [6.45, 7) is 4.46. The van der Waals surface area contributed by atoms with Gasteiger partial charge in [0.05, 0.1) is 12.2 Å². The Balaban J connectivity index is 1.36. The van der Waals surface area contributed by atoms with Gasteiger partial charge in [-0.05, 0) is 80.2 Å². The van der Waals surface area contributed by atoms with Gasteiger partial charge >= 0.3 is 5.97 Å². The van der Waals surface area contributed by atoms with Crippen LogP contribution in [0.1, 0.15) is 86.2 Å². The number of hydrogen-bond acceptors (Lipinski definition) is 3. The molecule has 0 spiro atoms. The molecular formula is C32H35F3O3. The van der Waals surface area contributed by atoms with Crippen LogP contribution in [0.25, 0.3) is 11.1 Å². The summed E-state index contributed by atoms with van der Waals surface area (Å²) in [5.41, 5.74) is 2.03. The highest BCUT2D eigenvalue weighted by Crippen LogP contribution is 2.37. The first-order valence-corrected chi connectivity index (χ1v) is 13.6. The minimum atomic E-state index is -1.20. The van der Waals surface area contributed by atoms with Crippen molar-refractivity contribution < 1.29 is 27.4 Å². The molecule has 1 fully saturated rings. The van der Waals surface area contributed by atoms with E-state index in [0.717, 1.165) is 31.2 Å². The number of halogens is 3. The Labute approximate surface area is 223 Å². The molecular weight excluding hydrogens is 489 g/mol. The number of carbonyl (C=O) groups excluding carboxylic acids is 1. The van der Waals surface area contributed by atoms with Crippen LogP contribution in [0.4, 0.5) is 13.2 Å². The van der Waals surface area contributed by atoms with Crippen LogP contribution < -0.4 is 4.74 Å². The third-order valence-electron chi connectivity index (χ3n) is 7.31. The van der Waals surface area contributed by atoms with E-state index in [9.17, 15) is 18.0 Å². The van der Waals surface area contributed by atoms with Crippen LogP contribution in [0.15, 0.2) is 54.6 Å². The lowest BCUT2D eigenvalue weighted by atomic mass is 9.82. The fraction of sp³-hybridized carbons (Fsp3) is 0.406. The maximum absolute atomic E-state index is 15.0. The van der Waals surface area contributed by atoms with Gasteiger partial charge in [-0.15, -0.1) is 0 Å². The largest absolute Gasteiger partial charge is 0.494 e. The van der Waals surface area contributed by atoms with Crippen molar-refractivity contribution in [3.05, 3.63) is 88.7 Å². The summed E-state index contributed by atoms with van der Waals surface area (Å²) in [6, 6.07) is 15.0. The van der Waals surface area contributed by atoms with E-state index in [1.54, 1.807) is 24.3 Å². The van der Waals surface area contributed by atoms with Crippen molar-refractivity contribution in [1.29, 1.82) is 0 Å². The van der Waals surface area contributed by atoms with E-state index in [1.807, 2.05) is 19.1 Å². The summed E-state index contributed by atoms with van der Waals surface area (Å²) < 4.78 is 55.3. The average molecular weight is 525 g/mol. The number of esters is 1. The number of unbranched alkanes of at least 4 members (excludes halogenated alkanes) is 2. The van der Waals surface area contributed by atoms with Crippen LogP contribution in [-0.4, -0.2) is 18.7 Å². The zero-order chi connectivity index (χ0) is 27.1. The second-order valence-electron chi connectivity index (χ2n) is 9.94. The lowest BCUT2D eigenvalue weighted by molar-refractivity contribution is 0.0188. The van der Waals surface area contributed by atoms with E-state index in [-0.39, 0.29) is 17.3 Å². The van der Waals surface area contributed by atoms with Crippen LogP contribution in [-0.2, 0) is 11.2 Å². The number of ether oxygens (including phenoxy) is 2. The minimum absolute atomic E-state index is 0.00660. The van der Waals surface area contributed by atoms with Crippen molar-refractivity contribution in [2.45, 2.75) is 77.2 Å². The van der Waals surface area contributed by atoms with Crippen molar-refractivity contribution in [2.75, 3.05) is 6.61 Å². The van der Waals surface area contributed by atoms with Crippen LogP contribution in [0.2, 0.25) is 0 Å². The van der Waals surface area contributed by atoms with E-state index in [0.29, 0.717) is 49.2 Å². The van der Waals surface area contributed by atoms with Crippen molar-refractivity contribution in [3.63, 3.8) is 0 Å². The quantitative estimate of drug-likeness (QED) is 0.196. The van der Waals surface area contributed by atoms with Gasteiger partial charge in [-0.1, -0.05) is 56.2 Å². The summed E-state index contributed by atoms with van der Waals surface area (Å²) in [7, 11) is 0. The van der Waals surface area contributed by atoms with Gasteiger partial charge in [0.1, 0.15) is 17.7 Å². The minimum Gasteiger partial charge on any atom is -0.494 e. The second kappa shape index (κ2) is 13.0. The molecule has 1 aliphatic rings. The molecule has 1 aliphatic carbocycles. The Kier molecular flexibility index (Phi) is 9.48. The molecule has 0 bridgehead atoms. The van der Waals surface area contributed by atoms with Crippen molar-refractivity contribution in [1.82, 2.24) is 0 Å². The third-order valence-corrected chi connectivity index (χ3v) is 7.31. The van der Waals surface area contributed by atoms with Gasteiger partial charge in [0.2, 0.25) is 0 Å². The standard InChI is InChI=1S/C32H35F3O3/c1-3-5-6-7-21-8-10-23(11-9-21)27-18-19-28(31(35)30(27)34)32(36)38-24-14-12-22(13-15-24)26-17-16-25(37-4-2)20-29(26)33/h8-11,16-20,22,24H,3-7,12-15H2,1-2H3. The number of rotatable bonds is 10. The summed E-state index contributed by atoms with van der Waals surface area (Å²) in [5, 5.41) is 0. The Bertz CT molecular complexity index is 1230. The van der Waals surface area contributed by atoms with Gasteiger partial charge in [-0.3, -0.25) is 0 Å². The molecule has 0 aromatic heterocycles. The predicted molar refractivity (Wildman–Crippen MR) is 143 cm³/mol. The van der Waals surface area contributed by atoms with Crippen molar-refractivity contribution >= 4 is 5.97 Å². The first-order chi connectivity index (χ1) is 18.4. The smallest absolute Gasteiger partial charge is 0.341 e. The van der Waals surface area contributed by atoms with Crippen LogP contribution in [0.3, 0.4) is 0 Å². The summed E-state index contributed by atoms with van der Waals surface area (Å²) in [4.78, 5) is 12.7. The lowest BCUT2D eigenvalue weighted by Crippen LogP contribution is -2.25. The lowest BCUT2D eigenvalue weighted by Gasteiger charge is -2.29. The fourth-order valence-corrected chi connectivity index (χ4v) is 5.16. The van der Waals surface area contributed by atoms with Crippen LogP contribution in [0.5, 0.6) is 5.75 Å². The van der Waals surface area contributed by atoms with E-state index in [2.05, 4.69) is 6.92 Å². The molecule has 0 atom stereocenters. The highest BCUT2D eigenvalue weighted by Gasteiger charge is 2.28. The normalized spacial score (nSPS) is 17.3. The molecule has 0 radical (unpaired) electrons. The zero-order valence-electron chi connectivity index (χ0n) is 22.1. The highest BCUT2D eigenvalue weighted by atomic mass is 19.2. The fourth-order valence-electron chi connectivity index (χ4n) is 5.16. The predicted octanol–water partition coefficient (Wildman–Crippen LogP) is 8.79. The van der Waals surface area contributed by atoms with E-state index in [4.69, 9.17) is 9.47 Å². The molecule has 4 rings (SSSR count). The number of benzene rings is 3. The maximum Gasteiger partial charge on any atom is 0.341 e. The highest BCUT2D eigenvalue weighted by molar-refractivity contribution is 5.90. The first-order valence-electron chi connectivity index (χ1n) is 13.6. The Morgan fingerprint density at radius 1 is 0.868 bits per heavy atom. The maximum atomic E-state index is 15.0. The summed E-state index contributed by atoms with van der Waals surface area (Å²) >= 11 is 0. The van der Waals surface area contributed by atoms with E-state index in [1.165, 1.54) is 18.2 Å². The average Bonchev–Trinajstić information content (AvgIpc) is 2.92. The molecule has 3 nitrogen and oxygen atoms in total. The molecule has 3 aromatic rings. The van der Waals surface area contributed by atoms with Gasteiger partial charge in [0.15, 0.2) is 11.6 Å². The Morgan fingerprint density at radius 2 is 1.61 bits per heavy atom. The van der Waals surface area contributed by atoms with Crippen molar-refractivity contribution in [2.24, 2.45) is 0 Å². The molecule has 6 heteroatoms. The van der Waals surface area contributed by atoms with E-state index >= 15 is 0 Å². The number of aryl methyl sites for hydroxylation is 1. The monoisotopic (exact) mass is 524 g/mol. The Hall–Kier alpha value is -3.28. The molecule has 38 heavy (non-hydrogen) atoms. The molecule has 3 aromatic carbocycles. The molecule has 0 heterocycles. The van der Waals surface area contributed by atoms with Crippen molar-refractivity contribution in [3.8, 4) is 16.9 Å². The molecule has 0 unspecified atom stereocenters. The molecule has 202 valence electrons. The summed E-state index contributed by atoms with van der Waals surface area (Å²) in [6.07, 6.45) is 6.23. The number of hydrogen-bond donors (Lipinski definition) is 0. The Morgan fingerprint density at radius 3 is 2.26 bits per heavy atom. The number of carbonyl (C=O) groups is 1. The third kappa shape index (κ3) is 6.58. The van der Waals surface area contributed by atoms with Gasteiger partial charge in [-0.2, -0.15) is 0 Å². The topological polar surface area (TPSA) is 35.5 Å². The van der Waals surface area contributed by atoms with Gasteiger partial charge in [0.25, 0.3) is 0 Å². The second-order valence-corrected chi connectivity index (χ2v) is 9.94. The van der Waals surface area contributed by atoms with Crippen LogP contribution >= 0.6 is 0 Å². The molecule has 0 amide bonds. The van der Waals surface area contributed by atoms with E-state index < -0.39 is 29.3 Å². The summed E-state index contributed by atoms with van der Waals surface area (Å²) in [5.74, 6) is -2.95. The van der Waals surface area contributed by atoms with Crippen LogP contribution in [0, 0.1) is 17.5 Å². The SMILES string of the molecule is CCCCCc1ccc(-c2ccc(C(=O)OC3CCC(c4ccc(OCC)cc4F)CC3)c(F)c2F)cc1. The molecule has 0 aliphatic heterocycles. The van der Waals surface area contributed by atoms with Gasteiger partial charge in [-0.25, -0.2) is 18.0 Å². The first kappa shape index (κ1) is 27.7. The molecule has 0 N–H and O–H groups in total. The molecule has 1 saturated carbocycles. The van der Waals surface area contributed by atoms with Gasteiger partial charge < -0.3 is 9.47 Å². The van der Waals surface area contributed by atoms with Gasteiger partial charge in [0, 0.05) is 11.6 Å².